The number of hydrogen-bond donors (Lipinski definition) is 2. The fourth-order valence-electron chi connectivity index (χ4n) is 6.19. The van der Waals surface area contributed by atoms with Crippen LogP contribution in [-0.2, 0) is 7.05 Å². The molecule has 1 aromatic carbocycles. The molecule has 2 N–H and O–H groups in total. The number of ether oxygens (including phenoxy) is 1. The summed E-state index contributed by atoms with van der Waals surface area (Å²) in [6.07, 6.45) is 5.46. The molecule has 2 aromatic heterocycles. The maximum atomic E-state index is 14.9. The van der Waals surface area contributed by atoms with Gasteiger partial charge in [-0.25, -0.2) is 13.8 Å². The molecule has 0 radical (unpaired) electrons. The van der Waals surface area contributed by atoms with Crippen molar-refractivity contribution in [2.24, 2.45) is 13.0 Å². The number of nitrogens with one attached hydrogen (secondary N) is 2. The Hall–Kier alpha value is -3.18. The average Bonchev–Trinajstić information content (AvgIpc) is 3.67. The van der Waals surface area contributed by atoms with Crippen LogP contribution in [0.2, 0.25) is 5.02 Å². The van der Waals surface area contributed by atoms with Crippen LogP contribution in [0.3, 0.4) is 0 Å². The Balaban J connectivity index is 1.24. The molecule has 1 unspecified atom stereocenters. The minimum Gasteiger partial charge on any atom is -0.480 e. The lowest BCUT2D eigenvalue weighted by molar-refractivity contribution is -0.0579. The molecule has 1 aliphatic carbocycles. The summed E-state index contributed by atoms with van der Waals surface area (Å²) in [5.41, 5.74) is 1.10. The van der Waals surface area contributed by atoms with Crippen molar-refractivity contribution in [3.8, 4) is 5.75 Å². The van der Waals surface area contributed by atoms with Gasteiger partial charge in [-0.2, -0.15) is 4.98 Å². The smallest absolute Gasteiger partial charge is 0.301 e. The Bertz CT molecular complexity index is 1510. The first kappa shape index (κ1) is 24.8. The average molecular weight is 558 g/mol. The van der Waals surface area contributed by atoms with Crippen molar-refractivity contribution in [3.63, 3.8) is 0 Å². The van der Waals surface area contributed by atoms with E-state index in [1.54, 1.807) is 19.3 Å². The largest absolute Gasteiger partial charge is 0.480 e. The van der Waals surface area contributed by atoms with Crippen LogP contribution in [0, 0.1) is 5.92 Å². The quantitative estimate of drug-likeness (QED) is 0.493. The van der Waals surface area contributed by atoms with Gasteiger partial charge in [0.2, 0.25) is 11.7 Å². The van der Waals surface area contributed by atoms with Gasteiger partial charge in [0, 0.05) is 43.8 Å². The predicted molar refractivity (Wildman–Crippen MR) is 147 cm³/mol. The first-order chi connectivity index (χ1) is 18.8. The van der Waals surface area contributed by atoms with Gasteiger partial charge in [0.05, 0.1) is 23.4 Å². The van der Waals surface area contributed by atoms with Crippen molar-refractivity contribution < 1.29 is 13.5 Å². The molecular weight excluding hydrogens is 528 g/mol. The highest BCUT2D eigenvalue weighted by Gasteiger charge is 2.51. The molecule has 12 heteroatoms. The molecule has 39 heavy (non-hydrogen) atoms. The van der Waals surface area contributed by atoms with Crippen molar-refractivity contribution in [2.45, 2.75) is 43.7 Å². The van der Waals surface area contributed by atoms with E-state index in [1.165, 1.54) is 17.4 Å². The molecule has 0 amide bonds. The summed E-state index contributed by atoms with van der Waals surface area (Å²) in [7, 11) is 1.61. The van der Waals surface area contributed by atoms with Gasteiger partial charge in [0.15, 0.2) is 12.4 Å². The molecule has 0 bridgehead atoms. The Morgan fingerprint density at radius 1 is 1.21 bits per heavy atom. The van der Waals surface area contributed by atoms with Gasteiger partial charge in [-0.3, -0.25) is 9.69 Å². The molecule has 2 saturated heterocycles. The zero-order valence-corrected chi connectivity index (χ0v) is 22.3. The molecule has 206 valence electrons. The third kappa shape index (κ3) is 4.35. The standard InChI is InChI=1S/C27H30ClF2N7O2/c1-35-20-7-6-16(11-18(20)21-22(25(35)38)39-14-27(29,30)23(33-21)15-4-5-15)32-24-19(28)12-31-26(34-24)37-10-9-36-8-2-3-17(36)13-37/h6-7,11-12,15,17,23,33H,2-5,8-10,13-14H2,1H3,(H,31,32,34)/t17?,23-/m0/s1. The van der Waals surface area contributed by atoms with E-state index < -0.39 is 24.1 Å². The third-order valence-electron chi connectivity index (χ3n) is 8.47. The lowest BCUT2D eigenvalue weighted by atomic mass is 10.0. The van der Waals surface area contributed by atoms with Gasteiger partial charge >= 0.3 is 5.92 Å². The van der Waals surface area contributed by atoms with Crippen LogP contribution in [0.5, 0.6) is 5.75 Å². The summed E-state index contributed by atoms with van der Waals surface area (Å²) in [5, 5.41) is 7.27. The summed E-state index contributed by atoms with van der Waals surface area (Å²) >= 11 is 6.49. The highest BCUT2D eigenvalue weighted by atomic mass is 35.5. The van der Waals surface area contributed by atoms with Gasteiger partial charge in [-0.1, -0.05) is 11.6 Å². The topological polar surface area (TPSA) is 87.6 Å². The van der Waals surface area contributed by atoms with Crippen molar-refractivity contribution in [2.75, 3.05) is 48.3 Å². The molecule has 3 aliphatic heterocycles. The maximum absolute atomic E-state index is 14.9. The highest BCUT2D eigenvalue weighted by Crippen LogP contribution is 2.45. The van der Waals surface area contributed by atoms with Gasteiger partial charge in [0.1, 0.15) is 5.02 Å². The van der Waals surface area contributed by atoms with Crippen LogP contribution < -0.4 is 25.8 Å². The third-order valence-corrected chi connectivity index (χ3v) is 8.75. The summed E-state index contributed by atoms with van der Waals surface area (Å²) in [5.74, 6) is -2.26. The summed E-state index contributed by atoms with van der Waals surface area (Å²) in [6.45, 7) is 3.05. The molecule has 0 spiro atoms. The van der Waals surface area contributed by atoms with Crippen LogP contribution in [-0.4, -0.2) is 70.2 Å². The maximum Gasteiger partial charge on any atom is 0.301 e. The Morgan fingerprint density at radius 3 is 2.87 bits per heavy atom. The monoisotopic (exact) mass is 557 g/mol. The van der Waals surface area contributed by atoms with E-state index in [-0.39, 0.29) is 11.7 Å². The number of alkyl halides is 2. The number of benzene rings is 1. The van der Waals surface area contributed by atoms with E-state index >= 15 is 0 Å². The lowest BCUT2D eigenvalue weighted by Gasteiger charge is -2.37. The van der Waals surface area contributed by atoms with Gasteiger partial charge < -0.3 is 24.8 Å². The minimum absolute atomic E-state index is 0.0848. The number of pyridine rings is 1. The van der Waals surface area contributed by atoms with Crippen molar-refractivity contribution in [1.29, 1.82) is 0 Å². The molecule has 1 saturated carbocycles. The number of hydrogen-bond acceptors (Lipinski definition) is 8. The molecule has 5 heterocycles. The first-order valence-electron chi connectivity index (χ1n) is 13.5. The SMILES string of the molecule is Cn1c(=O)c2c(c3cc(Nc4nc(N5CCN6CCCC6C5)ncc4Cl)ccc31)N[C@@H](C1CC1)C(F)(F)CO2. The van der Waals surface area contributed by atoms with Crippen LogP contribution in [0.25, 0.3) is 10.9 Å². The Kier molecular flexibility index (Phi) is 5.85. The number of piperazine rings is 1. The van der Waals surface area contributed by atoms with Gasteiger partial charge in [0.25, 0.3) is 5.56 Å². The molecule has 9 nitrogen and oxygen atoms in total. The Labute approximate surface area is 229 Å². The van der Waals surface area contributed by atoms with E-state index in [0.717, 1.165) is 39.0 Å². The summed E-state index contributed by atoms with van der Waals surface area (Å²) in [6, 6.07) is 4.84. The van der Waals surface area contributed by atoms with E-state index in [0.29, 0.717) is 45.1 Å². The van der Waals surface area contributed by atoms with E-state index in [2.05, 4.69) is 25.4 Å². The predicted octanol–water partition coefficient (Wildman–Crippen LogP) is 4.23. The number of nitrogens with zero attached hydrogens (tertiary/aromatic N) is 5. The minimum atomic E-state index is -3.09. The number of fused-ring (bicyclic) bond motifs is 4. The molecule has 3 aromatic rings. The number of halogens is 3. The van der Waals surface area contributed by atoms with Gasteiger partial charge in [-0.05, 0) is 56.3 Å². The van der Waals surface area contributed by atoms with Crippen LogP contribution in [0.15, 0.2) is 29.2 Å². The number of rotatable bonds is 4. The van der Waals surface area contributed by atoms with E-state index in [9.17, 15) is 13.6 Å². The molecular formula is C27H30ClF2N7O2. The fourth-order valence-corrected chi connectivity index (χ4v) is 6.33. The van der Waals surface area contributed by atoms with Crippen LogP contribution >= 0.6 is 11.6 Å². The second kappa shape index (κ2) is 9.19. The normalized spacial score (nSPS) is 24.5. The molecule has 2 atom stereocenters. The lowest BCUT2D eigenvalue weighted by Crippen LogP contribution is -2.50. The number of aromatic nitrogens is 3. The first-order valence-corrected chi connectivity index (χ1v) is 13.9. The summed E-state index contributed by atoms with van der Waals surface area (Å²) in [4.78, 5) is 27.0. The van der Waals surface area contributed by atoms with Crippen molar-refractivity contribution >= 4 is 45.6 Å². The van der Waals surface area contributed by atoms with E-state index in [4.69, 9.17) is 21.3 Å². The van der Waals surface area contributed by atoms with Crippen molar-refractivity contribution in [3.05, 3.63) is 39.8 Å². The Morgan fingerprint density at radius 2 is 2.05 bits per heavy atom. The molecule has 3 fully saturated rings. The molecule has 7 rings (SSSR count). The zero-order valence-electron chi connectivity index (χ0n) is 21.6. The number of aryl methyl sites for hydroxylation is 1. The van der Waals surface area contributed by atoms with Crippen LogP contribution in [0.4, 0.5) is 31.9 Å². The summed E-state index contributed by atoms with van der Waals surface area (Å²) < 4.78 is 36.8. The second-order valence-electron chi connectivity index (χ2n) is 11.1. The molecule has 4 aliphatic rings. The number of anilines is 4. The highest BCUT2D eigenvalue weighted by molar-refractivity contribution is 6.33. The fraction of sp³-hybridized carbons (Fsp3) is 0.519. The van der Waals surface area contributed by atoms with Crippen molar-refractivity contribution in [1.82, 2.24) is 19.4 Å². The second-order valence-corrected chi connectivity index (χ2v) is 11.5. The van der Waals surface area contributed by atoms with E-state index in [1.807, 2.05) is 12.1 Å². The van der Waals surface area contributed by atoms with Gasteiger partial charge in [-0.15, -0.1) is 0 Å². The van der Waals surface area contributed by atoms with Crippen LogP contribution in [0.1, 0.15) is 25.7 Å². The zero-order chi connectivity index (χ0) is 26.9.